The normalized spacial score (nSPS) is 15.4. The zero-order chi connectivity index (χ0) is 25.3. The topological polar surface area (TPSA) is 57.5 Å². The number of hydrogen-bond donors (Lipinski definition) is 0. The van der Waals surface area contributed by atoms with Crippen molar-refractivity contribution >= 4 is 22.8 Å². The summed E-state index contributed by atoms with van der Waals surface area (Å²) in [7, 11) is 0. The molecular formula is C31H31NO4. The molecule has 36 heavy (non-hydrogen) atoms. The predicted octanol–water partition coefficient (Wildman–Crippen LogP) is 6.67. The van der Waals surface area contributed by atoms with Gasteiger partial charge in [-0.25, -0.2) is 0 Å². The van der Waals surface area contributed by atoms with E-state index in [1.807, 2.05) is 99.6 Å². The molecule has 1 aromatic heterocycles. The molecule has 0 spiro atoms. The first-order chi connectivity index (χ1) is 17.3. The maximum Gasteiger partial charge on any atom is 0.314 e. The maximum absolute atomic E-state index is 13.7. The molecule has 0 radical (unpaired) electrons. The van der Waals surface area contributed by atoms with E-state index in [9.17, 15) is 9.59 Å². The highest BCUT2D eigenvalue weighted by Crippen LogP contribution is 2.42. The van der Waals surface area contributed by atoms with E-state index < -0.39 is 11.5 Å². The fourth-order valence-corrected chi connectivity index (χ4v) is 4.98. The van der Waals surface area contributed by atoms with Crippen LogP contribution >= 0.6 is 0 Å². The number of fused-ring (bicyclic) bond motifs is 3. The average Bonchev–Trinajstić information content (AvgIpc) is 3.21. The molecule has 0 saturated carbocycles. The molecule has 5 heteroatoms. The lowest BCUT2D eigenvalue weighted by Gasteiger charge is -2.27. The molecule has 0 fully saturated rings. The highest BCUT2D eigenvalue weighted by molar-refractivity contribution is 6.05. The SMILES string of the molecule is CC(C)(C)OC(=O)C1CCCc2c1c1cc(OCc3ccccc3)ccc1n2C(=O)c1ccccc1. The van der Waals surface area contributed by atoms with E-state index in [4.69, 9.17) is 9.47 Å². The van der Waals surface area contributed by atoms with Gasteiger partial charge in [0.25, 0.3) is 5.91 Å². The molecule has 184 valence electrons. The van der Waals surface area contributed by atoms with Crippen molar-refractivity contribution in [2.24, 2.45) is 0 Å². The third kappa shape index (κ3) is 4.78. The molecule has 1 atom stereocenters. The third-order valence-electron chi connectivity index (χ3n) is 6.50. The smallest absolute Gasteiger partial charge is 0.314 e. The molecular weight excluding hydrogens is 450 g/mol. The first-order valence-corrected chi connectivity index (χ1v) is 12.5. The summed E-state index contributed by atoms with van der Waals surface area (Å²) in [6, 6.07) is 25.1. The van der Waals surface area contributed by atoms with Crippen LogP contribution in [0.1, 0.15) is 66.7 Å². The molecule has 4 aromatic rings. The van der Waals surface area contributed by atoms with Crippen LogP contribution in [0.3, 0.4) is 0 Å². The highest BCUT2D eigenvalue weighted by Gasteiger charge is 2.36. The van der Waals surface area contributed by atoms with Crippen molar-refractivity contribution in [1.29, 1.82) is 0 Å². The van der Waals surface area contributed by atoms with Gasteiger partial charge >= 0.3 is 5.97 Å². The molecule has 5 nitrogen and oxygen atoms in total. The number of benzene rings is 3. The molecule has 1 unspecified atom stereocenters. The number of aromatic nitrogens is 1. The highest BCUT2D eigenvalue weighted by atomic mass is 16.6. The molecule has 3 aromatic carbocycles. The standard InChI is InChI=1S/C31H31NO4/c1-31(2,3)36-30(34)24-15-10-16-27-28(24)25-19-23(35-20-21-11-6-4-7-12-21)17-18-26(25)32(27)29(33)22-13-8-5-9-14-22/h4-9,11-14,17-19,24H,10,15-16,20H2,1-3H3. The van der Waals surface area contributed by atoms with Crippen molar-refractivity contribution in [2.45, 2.75) is 58.2 Å². The van der Waals surface area contributed by atoms with Crippen LogP contribution in [-0.2, 0) is 22.6 Å². The van der Waals surface area contributed by atoms with Gasteiger partial charge in [-0.3, -0.25) is 14.2 Å². The van der Waals surface area contributed by atoms with E-state index in [0.29, 0.717) is 24.3 Å². The van der Waals surface area contributed by atoms with Crippen LogP contribution < -0.4 is 4.74 Å². The summed E-state index contributed by atoms with van der Waals surface area (Å²) in [6.07, 6.45) is 2.23. The monoisotopic (exact) mass is 481 g/mol. The van der Waals surface area contributed by atoms with E-state index in [0.717, 1.165) is 40.6 Å². The average molecular weight is 482 g/mol. The maximum atomic E-state index is 13.7. The third-order valence-corrected chi connectivity index (χ3v) is 6.50. The second-order valence-corrected chi connectivity index (χ2v) is 10.3. The number of nitrogens with zero attached hydrogens (tertiary/aromatic N) is 1. The minimum Gasteiger partial charge on any atom is -0.489 e. The number of esters is 1. The lowest BCUT2D eigenvalue weighted by molar-refractivity contribution is -0.157. The van der Waals surface area contributed by atoms with Crippen LogP contribution in [-0.4, -0.2) is 22.0 Å². The first kappa shape index (κ1) is 23.9. The number of rotatable bonds is 5. The summed E-state index contributed by atoms with van der Waals surface area (Å²) in [5, 5.41) is 0.871. The first-order valence-electron chi connectivity index (χ1n) is 12.5. The van der Waals surface area contributed by atoms with Gasteiger partial charge in [-0.05, 0) is 81.5 Å². The molecule has 0 aliphatic heterocycles. The van der Waals surface area contributed by atoms with Crippen molar-refractivity contribution in [3.63, 3.8) is 0 Å². The predicted molar refractivity (Wildman–Crippen MR) is 140 cm³/mol. The number of ether oxygens (including phenoxy) is 2. The Bertz CT molecular complexity index is 1400. The lowest BCUT2D eigenvalue weighted by atomic mass is 9.85. The van der Waals surface area contributed by atoms with Gasteiger partial charge in [0.2, 0.25) is 0 Å². The van der Waals surface area contributed by atoms with Gasteiger partial charge < -0.3 is 9.47 Å². The number of carbonyl (C=O) groups excluding carboxylic acids is 2. The van der Waals surface area contributed by atoms with Gasteiger partial charge in [-0.2, -0.15) is 0 Å². The Balaban J connectivity index is 1.62. The zero-order valence-electron chi connectivity index (χ0n) is 21.0. The molecule has 5 rings (SSSR count). The van der Waals surface area contributed by atoms with Crippen LogP contribution in [0.25, 0.3) is 10.9 Å². The Morgan fingerprint density at radius 1 is 0.944 bits per heavy atom. The van der Waals surface area contributed by atoms with E-state index in [1.54, 1.807) is 4.57 Å². The summed E-state index contributed by atoms with van der Waals surface area (Å²) in [4.78, 5) is 27.0. The van der Waals surface area contributed by atoms with Gasteiger partial charge in [-0.15, -0.1) is 0 Å². The van der Waals surface area contributed by atoms with E-state index in [-0.39, 0.29) is 11.9 Å². The van der Waals surface area contributed by atoms with Gasteiger partial charge in [0.15, 0.2) is 0 Å². The zero-order valence-corrected chi connectivity index (χ0v) is 21.0. The molecule has 0 saturated heterocycles. The van der Waals surface area contributed by atoms with Crippen LogP contribution in [0.15, 0.2) is 78.9 Å². The molecule has 0 N–H and O–H groups in total. The van der Waals surface area contributed by atoms with Gasteiger partial charge in [0, 0.05) is 16.6 Å². The molecule has 0 amide bonds. The van der Waals surface area contributed by atoms with Crippen LogP contribution in [0.5, 0.6) is 5.75 Å². The van der Waals surface area contributed by atoms with E-state index >= 15 is 0 Å². The van der Waals surface area contributed by atoms with Crippen molar-refractivity contribution in [1.82, 2.24) is 4.57 Å². The molecule has 1 aliphatic carbocycles. The number of carbonyl (C=O) groups is 2. The summed E-state index contributed by atoms with van der Waals surface area (Å²) < 4.78 is 13.7. The van der Waals surface area contributed by atoms with Gasteiger partial charge in [0.1, 0.15) is 18.0 Å². The van der Waals surface area contributed by atoms with Crippen molar-refractivity contribution < 1.29 is 19.1 Å². The summed E-state index contributed by atoms with van der Waals surface area (Å²) >= 11 is 0. The lowest BCUT2D eigenvalue weighted by Crippen LogP contribution is -2.30. The fraction of sp³-hybridized carbons (Fsp3) is 0.290. The van der Waals surface area contributed by atoms with E-state index in [2.05, 4.69) is 0 Å². The second kappa shape index (κ2) is 9.65. The van der Waals surface area contributed by atoms with Gasteiger partial charge in [-0.1, -0.05) is 48.5 Å². The Morgan fingerprint density at radius 3 is 2.33 bits per heavy atom. The number of hydrogen-bond acceptors (Lipinski definition) is 4. The summed E-state index contributed by atoms with van der Waals surface area (Å²) in [6.45, 7) is 6.08. The van der Waals surface area contributed by atoms with Gasteiger partial charge in [0.05, 0.1) is 11.4 Å². The minimum atomic E-state index is -0.586. The Kier molecular flexibility index (Phi) is 6.40. The van der Waals surface area contributed by atoms with Crippen molar-refractivity contribution in [3.05, 3.63) is 101 Å². The molecule has 1 aliphatic rings. The Labute approximate surface area is 211 Å². The van der Waals surface area contributed by atoms with Crippen LogP contribution in [0, 0.1) is 0 Å². The summed E-state index contributed by atoms with van der Waals surface area (Å²) in [5.74, 6) is -0.0634. The van der Waals surface area contributed by atoms with Crippen LogP contribution in [0.4, 0.5) is 0 Å². The largest absolute Gasteiger partial charge is 0.489 e. The Hall–Kier alpha value is -3.86. The summed E-state index contributed by atoms with van der Waals surface area (Å²) in [5.41, 5.74) is 3.67. The van der Waals surface area contributed by atoms with E-state index in [1.165, 1.54) is 0 Å². The molecule has 0 bridgehead atoms. The molecule has 1 heterocycles. The quantitative estimate of drug-likeness (QED) is 0.299. The van der Waals surface area contributed by atoms with Crippen LogP contribution in [0.2, 0.25) is 0 Å². The minimum absolute atomic E-state index is 0.0929. The fourth-order valence-electron chi connectivity index (χ4n) is 4.98. The van der Waals surface area contributed by atoms with Crippen molar-refractivity contribution in [3.8, 4) is 5.75 Å². The Morgan fingerprint density at radius 2 is 1.64 bits per heavy atom. The second-order valence-electron chi connectivity index (χ2n) is 10.3. The van der Waals surface area contributed by atoms with Crippen molar-refractivity contribution in [2.75, 3.05) is 0 Å².